The van der Waals surface area contributed by atoms with Gasteiger partial charge >= 0.3 is 0 Å². The Hall–Kier alpha value is -3.48. The maximum atomic E-state index is 13.8. The van der Waals surface area contributed by atoms with E-state index in [1.165, 1.54) is 18.5 Å². The highest BCUT2D eigenvalue weighted by atomic mass is 19.1. The molecule has 0 saturated carbocycles. The predicted molar refractivity (Wildman–Crippen MR) is 105 cm³/mol. The molecule has 29 heavy (non-hydrogen) atoms. The molecule has 0 unspecified atom stereocenters. The van der Waals surface area contributed by atoms with Gasteiger partial charge < -0.3 is 14.6 Å². The first-order valence-corrected chi connectivity index (χ1v) is 9.45. The van der Waals surface area contributed by atoms with Gasteiger partial charge in [0.05, 0.1) is 11.8 Å². The highest BCUT2D eigenvalue weighted by molar-refractivity contribution is 5.95. The molecule has 2 heterocycles. The number of hydrogen-bond acceptors (Lipinski definition) is 4. The Balaban J connectivity index is 1.32. The lowest BCUT2D eigenvalue weighted by Crippen LogP contribution is -2.46. The van der Waals surface area contributed by atoms with Crippen LogP contribution in [0.25, 0.3) is 11.3 Å². The van der Waals surface area contributed by atoms with E-state index in [0.717, 1.165) is 5.56 Å². The van der Waals surface area contributed by atoms with Gasteiger partial charge in [-0.05, 0) is 37.1 Å². The van der Waals surface area contributed by atoms with Crippen molar-refractivity contribution in [2.75, 3.05) is 13.1 Å². The summed E-state index contributed by atoms with van der Waals surface area (Å²) in [6, 6.07) is 13.1. The van der Waals surface area contributed by atoms with Crippen LogP contribution in [-0.2, 0) is 0 Å². The number of carbonyl (C=O) groups is 2. The van der Waals surface area contributed by atoms with Crippen molar-refractivity contribution in [2.24, 2.45) is 0 Å². The number of nitrogens with zero attached hydrogens (tertiary/aromatic N) is 2. The summed E-state index contributed by atoms with van der Waals surface area (Å²) < 4.78 is 19.1. The summed E-state index contributed by atoms with van der Waals surface area (Å²) in [7, 11) is 0. The van der Waals surface area contributed by atoms with Gasteiger partial charge in [0.25, 0.3) is 11.8 Å². The summed E-state index contributed by atoms with van der Waals surface area (Å²) in [5, 5.41) is 3.01. The summed E-state index contributed by atoms with van der Waals surface area (Å²) in [6.45, 7) is 0.949. The van der Waals surface area contributed by atoms with Gasteiger partial charge in [-0.2, -0.15) is 0 Å². The second-order valence-electron chi connectivity index (χ2n) is 6.96. The Morgan fingerprint density at radius 1 is 1.07 bits per heavy atom. The van der Waals surface area contributed by atoms with Crippen LogP contribution < -0.4 is 5.32 Å². The quantitative estimate of drug-likeness (QED) is 0.736. The average molecular weight is 393 g/mol. The molecule has 7 heteroatoms. The monoisotopic (exact) mass is 393 g/mol. The maximum Gasteiger partial charge on any atom is 0.256 e. The van der Waals surface area contributed by atoms with Gasteiger partial charge in [0.15, 0.2) is 12.2 Å². The molecule has 0 atom stereocenters. The molecule has 1 aliphatic rings. The molecule has 1 N–H and O–H groups in total. The highest BCUT2D eigenvalue weighted by Crippen LogP contribution is 2.20. The van der Waals surface area contributed by atoms with E-state index in [-0.39, 0.29) is 23.4 Å². The van der Waals surface area contributed by atoms with E-state index >= 15 is 0 Å². The molecule has 1 aromatic heterocycles. The molecule has 148 valence electrons. The molecule has 4 rings (SSSR count). The Morgan fingerprint density at radius 2 is 1.79 bits per heavy atom. The largest absolute Gasteiger partial charge is 0.444 e. The van der Waals surface area contributed by atoms with E-state index in [2.05, 4.69) is 10.3 Å². The molecule has 0 aliphatic carbocycles. The van der Waals surface area contributed by atoms with Crippen LogP contribution in [0.3, 0.4) is 0 Å². The molecule has 2 amide bonds. The molecule has 0 bridgehead atoms. The topological polar surface area (TPSA) is 75.4 Å². The molecule has 0 radical (unpaired) electrons. The number of piperidine rings is 1. The zero-order valence-corrected chi connectivity index (χ0v) is 15.7. The lowest BCUT2D eigenvalue weighted by molar-refractivity contribution is 0.0693. The van der Waals surface area contributed by atoms with E-state index in [1.54, 1.807) is 35.4 Å². The van der Waals surface area contributed by atoms with E-state index in [4.69, 9.17) is 4.42 Å². The fourth-order valence-electron chi connectivity index (χ4n) is 3.44. The van der Waals surface area contributed by atoms with Gasteiger partial charge in [-0.1, -0.05) is 24.3 Å². The van der Waals surface area contributed by atoms with Crippen LogP contribution in [0.2, 0.25) is 0 Å². The van der Waals surface area contributed by atoms with Gasteiger partial charge in [0, 0.05) is 30.3 Å². The number of amides is 2. The Morgan fingerprint density at radius 3 is 2.45 bits per heavy atom. The fourth-order valence-corrected chi connectivity index (χ4v) is 3.44. The van der Waals surface area contributed by atoms with Crippen LogP contribution in [0.4, 0.5) is 4.39 Å². The number of carbonyl (C=O) groups excluding carboxylic acids is 2. The molecule has 1 saturated heterocycles. The molecule has 2 aromatic carbocycles. The normalized spacial score (nSPS) is 14.6. The first kappa shape index (κ1) is 18.9. The Bertz CT molecular complexity index is 994. The van der Waals surface area contributed by atoms with Gasteiger partial charge in [0.1, 0.15) is 5.82 Å². The molecular formula is C22H20FN3O3. The van der Waals surface area contributed by atoms with Crippen LogP contribution in [0.1, 0.15) is 33.6 Å². The average Bonchev–Trinajstić information content (AvgIpc) is 3.29. The maximum absolute atomic E-state index is 13.8. The first-order chi connectivity index (χ1) is 14.1. The van der Waals surface area contributed by atoms with Gasteiger partial charge in [0.2, 0.25) is 0 Å². The SMILES string of the molecule is O=C(NC1CCN(C(=O)c2ccccc2F)CC1)c1ccc(-c2cnco2)cc1. The number of aromatic nitrogens is 1. The minimum absolute atomic E-state index is 0.0267. The molecule has 1 aliphatic heterocycles. The van der Waals surface area contributed by atoms with Crippen LogP contribution in [-0.4, -0.2) is 40.8 Å². The summed E-state index contributed by atoms with van der Waals surface area (Å²) >= 11 is 0. The number of halogens is 1. The lowest BCUT2D eigenvalue weighted by atomic mass is 10.0. The van der Waals surface area contributed by atoms with Crippen molar-refractivity contribution >= 4 is 11.8 Å². The smallest absolute Gasteiger partial charge is 0.256 e. The third kappa shape index (κ3) is 4.18. The zero-order chi connectivity index (χ0) is 20.2. The van der Waals surface area contributed by atoms with Crippen molar-refractivity contribution in [2.45, 2.75) is 18.9 Å². The molecule has 3 aromatic rings. The Labute approximate surface area is 167 Å². The van der Waals surface area contributed by atoms with Crippen LogP contribution in [0.15, 0.2) is 65.5 Å². The van der Waals surface area contributed by atoms with E-state index in [0.29, 0.717) is 37.3 Å². The number of oxazole rings is 1. The van der Waals surface area contributed by atoms with Crippen molar-refractivity contribution in [3.63, 3.8) is 0 Å². The second-order valence-corrected chi connectivity index (χ2v) is 6.96. The number of likely N-dealkylation sites (tertiary alicyclic amines) is 1. The minimum Gasteiger partial charge on any atom is -0.444 e. The number of hydrogen-bond donors (Lipinski definition) is 1. The third-order valence-electron chi connectivity index (χ3n) is 5.09. The summed E-state index contributed by atoms with van der Waals surface area (Å²) in [6.07, 6.45) is 4.23. The summed E-state index contributed by atoms with van der Waals surface area (Å²) in [4.78, 5) is 30.5. The number of benzene rings is 2. The number of rotatable bonds is 4. The van der Waals surface area contributed by atoms with Crippen molar-refractivity contribution < 1.29 is 18.4 Å². The molecule has 0 spiro atoms. The molecular weight excluding hydrogens is 373 g/mol. The zero-order valence-electron chi connectivity index (χ0n) is 15.7. The molecule has 1 fully saturated rings. The van der Waals surface area contributed by atoms with Gasteiger partial charge in [-0.15, -0.1) is 0 Å². The summed E-state index contributed by atoms with van der Waals surface area (Å²) in [5.41, 5.74) is 1.49. The van der Waals surface area contributed by atoms with Crippen molar-refractivity contribution in [3.05, 3.63) is 78.1 Å². The lowest BCUT2D eigenvalue weighted by Gasteiger charge is -2.32. The standard InChI is InChI=1S/C22H20FN3O3/c23-19-4-2-1-3-18(19)22(28)26-11-9-17(10-12-26)25-21(27)16-7-5-15(6-8-16)20-13-24-14-29-20/h1-8,13-14,17H,9-12H2,(H,25,27). The predicted octanol–water partition coefficient (Wildman–Crippen LogP) is 3.52. The van der Waals surface area contributed by atoms with Crippen molar-refractivity contribution in [1.82, 2.24) is 15.2 Å². The third-order valence-corrected chi connectivity index (χ3v) is 5.09. The minimum atomic E-state index is -0.512. The molecule has 6 nitrogen and oxygen atoms in total. The van der Waals surface area contributed by atoms with Crippen LogP contribution in [0, 0.1) is 5.82 Å². The van der Waals surface area contributed by atoms with Gasteiger partial charge in [-0.25, -0.2) is 9.37 Å². The van der Waals surface area contributed by atoms with Crippen LogP contribution >= 0.6 is 0 Å². The first-order valence-electron chi connectivity index (χ1n) is 9.45. The summed E-state index contributed by atoms with van der Waals surface area (Å²) in [5.74, 6) is -0.338. The van der Waals surface area contributed by atoms with Crippen LogP contribution in [0.5, 0.6) is 0 Å². The van der Waals surface area contributed by atoms with E-state index in [1.807, 2.05) is 12.1 Å². The Kier molecular flexibility index (Phi) is 5.37. The second kappa shape index (κ2) is 8.26. The van der Waals surface area contributed by atoms with E-state index < -0.39 is 5.82 Å². The van der Waals surface area contributed by atoms with Gasteiger partial charge in [-0.3, -0.25) is 9.59 Å². The fraction of sp³-hybridized carbons (Fsp3) is 0.227. The number of nitrogens with one attached hydrogen (secondary N) is 1. The van der Waals surface area contributed by atoms with Crippen molar-refractivity contribution in [3.8, 4) is 11.3 Å². The van der Waals surface area contributed by atoms with E-state index in [9.17, 15) is 14.0 Å². The highest BCUT2D eigenvalue weighted by Gasteiger charge is 2.26. The van der Waals surface area contributed by atoms with Crippen molar-refractivity contribution in [1.29, 1.82) is 0 Å².